The molecule has 2 aromatic rings. The van der Waals surface area contributed by atoms with Gasteiger partial charge < -0.3 is 5.32 Å². The van der Waals surface area contributed by atoms with Gasteiger partial charge in [-0.3, -0.25) is 19.3 Å². The van der Waals surface area contributed by atoms with Crippen molar-refractivity contribution in [3.63, 3.8) is 0 Å². The predicted molar refractivity (Wildman–Crippen MR) is 68.8 cm³/mol. The summed E-state index contributed by atoms with van der Waals surface area (Å²) in [6.45, 7) is 3.16. The first kappa shape index (κ1) is 12.1. The summed E-state index contributed by atoms with van der Waals surface area (Å²) in [5.74, 6) is 0. The van der Waals surface area contributed by atoms with E-state index in [-0.39, 0.29) is 0 Å². The molecule has 0 aliphatic rings. The molecule has 0 radical (unpaired) electrons. The Balaban J connectivity index is 2.25. The van der Waals surface area contributed by atoms with Gasteiger partial charge in [-0.15, -0.1) is 0 Å². The number of H-pyrrole nitrogens is 1. The SMILES string of the molecule is CCNc1ccnc(Cn2ccc(=O)[nH]c2=O)c1. The van der Waals surface area contributed by atoms with Crippen LogP contribution < -0.4 is 16.6 Å². The van der Waals surface area contributed by atoms with Crippen molar-refractivity contribution in [2.24, 2.45) is 0 Å². The topological polar surface area (TPSA) is 79.8 Å². The van der Waals surface area contributed by atoms with Crippen LogP contribution in [0.15, 0.2) is 40.2 Å². The predicted octanol–water partition coefficient (Wildman–Crippen LogP) is 0.412. The Labute approximate surface area is 103 Å². The van der Waals surface area contributed by atoms with Gasteiger partial charge in [0.25, 0.3) is 5.56 Å². The van der Waals surface area contributed by atoms with Gasteiger partial charge in [-0.05, 0) is 19.1 Å². The molecule has 2 aromatic heterocycles. The Morgan fingerprint density at radius 2 is 2.22 bits per heavy atom. The highest BCUT2D eigenvalue weighted by atomic mass is 16.2. The van der Waals surface area contributed by atoms with Gasteiger partial charge in [0.15, 0.2) is 0 Å². The van der Waals surface area contributed by atoms with E-state index in [1.807, 2.05) is 19.1 Å². The number of aromatic nitrogens is 3. The largest absolute Gasteiger partial charge is 0.385 e. The van der Waals surface area contributed by atoms with Crippen LogP contribution in [0.1, 0.15) is 12.6 Å². The van der Waals surface area contributed by atoms with Crippen LogP contribution in [0.25, 0.3) is 0 Å². The minimum absolute atomic E-state index is 0.328. The summed E-state index contributed by atoms with van der Waals surface area (Å²) in [6.07, 6.45) is 3.15. The van der Waals surface area contributed by atoms with Crippen LogP contribution >= 0.6 is 0 Å². The lowest BCUT2D eigenvalue weighted by atomic mass is 10.3. The molecular weight excluding hydrogens is 232 g/mol. The van der Waals surface area contributed by atoms with E-state index in [1.54, 1.807) is 6.20 Å². The number of anilines is 1. The second kappa shape index (κ2) is 5.31. The van der Waals surface area contributed by atoms with E-state index in [1.165, 1.54) is 16.8 Å². The number of nitrogens with zero attached hydrogens (tertiary/aromatic N) is 2. The average molecular weight is 246 g/mol. The second-order valence-corrected chi connectivity index (χ2v) is 3.80. The highest BCUT2D eigenvalue weighted by Gasteiger charge is 2.00. The average Bonchev–Trinajstić information content (AvgIpc) is 2.34. The first-order chi connectivity index (χ1) is 8.69. The van der Waals surface area contributed by atoms with Crippen molar-refractivity contribution in [1.82, 2.24) is 14.5 Å². The van der Waals surface area contributed by atoms with E-state index in [2.05, 4.69) is 15.3 Å². The molecule has 0 atom stereocenters. The van der Waals surface area contributed by atoms with E-state index >= 15 is 0 Å². The van der Waals surface area contributed by atoms with E-state index in [4.69, 9.17) is 0 Å². The molecule has 2 heterocycles. The zero-order valence-electron chi connectivity index (χ0n) is 10.0. The molecule has 0 unspecified atom stereocenters. The first-order valence-corrected chi connectivity index (χ1v) is 5.67. The van der Waals surface area contributed by atoms with E-state index < -0.39 is 11.2 Å². The molecule has 0 bridgehead atoms. The molecule has 6 heteroatoms. The lowest BCUT2D eigenvalue weighted by Gasteiger charge is -2.07. The van der Waals surface area contributed by atoms with Crippen LogP contribution in [0.4, 0.5) is 5.69 Å². The summed E-state index contributed by atoms with van der Waals surface area (Å²) in [5, 5.41) is 3.17. The normalized spacial score (nSPS) is 10.3. The zero-order valence-corrected chi connectivity index (χ0v) is 10.0. The van der Waals surface area contributed by atoms with Gasteiger partial charge in [-0.1, -0.05) is 0 Å². The number of pyridine rings is 1. The molecular formula is C12H14N4O2. The van der Waals surface area contributed by atoms with Crippen molar-refractivity contribution in [2.45, 2.75) is 13.5 Å². The van der Waals surface area contributed by atoms with Gasteiger partial charge in [0.2, 0.25) is 0 Å². The molecule has 2 rings (SSSR count). The number of nitrogens with one attached hydrogen (secondary N) is 2. The standard InChI is InChI=1S/C12H14N4O2/c1-2-13-9-3-5-14-10(7-9)8-16-6-4-11(17)15-12(16)18/h3-7H,2,8H2,1H3,(H,13,14)(H,15,17,18). The molecule has 18 heavy (non-hydrogen) atoms. The third-order valence-corrected chi connectivity index (χ3v) is 2.43. The number of hydrogen-bond donors (Lipinski definition) is 2. The second-order valence-electron chi connectivity index (χ2n) is 3.80. The maximum Gasteiger partial charge on any atom is 0.328 e. The third kappa shape index (κ3) is 2.85. The fraction of sp³-hybridized carbons (Fsp3) is 0.250. The van der Waals surface area contributed by atoms with E-state index in [0.29, 0.717) is 6.54 Å². The molecule has 0 aliphatic carbocycles. The highest BCUT2D eigenvalue weighted by Crippen LogP contribution is 2.07. The quantitative estimate of drug-likeness (QED) is 0.819. The zero-order chi connectivity index (χ0) is 13.0. The molecule has 0 fully saturated rings. The molecule has 0 aliphatic heterocycles. The Bertz CT molecular complexity index is 645. The fourth-order valence-electron chi connectivity index (χ4n) is 1.62. The van der Waals surface area contributed by atoms with E-state index in [0.717, 1.165) is 17.9 Å². The smallest absolute Gasteiger partial charge is 0.328 e. The Morgan fingerprint density at radius 1 is 1.39 bits per heavy atom. The van der Waals surface area contributed by atoms with Crippen molar-refractivity contribution < 1.29 is 0 Å². The van der Waals surface area contributed by atoms with Gasteiger partial charge in [-0.2, -0.15) is 0 Å². The maximum absolute atomic E-state index is 11.5. The van der Waals surface area contributed by atoms with Crippen LogP contribution in [-0.4, -0.2) is 21.1 Å². The lowest BCUT2D eigenvalue weighted by molar-refractivity contribution is 0.705. The van der Waals surface area contributed by atoms with Crippen LogP contribution in [0.2, 0.25) is 0 Å². The molecule has 2 N–H and O–H groups in total. The van der Waals surface area contributed by atoms with Crippen molar-refractivity contribution in [3.8, 4) is 0 Å². The van der Waals surface area contributed by atoms with Crippen molar-refractivity contribution >= 4 is 5.69 Å². The van der Waals surface area contributed by atoms with E-state index in [9.17, 15) is 9.59 Å². The Morgan fingerprint density at radius 3 is 2.94 bits per heavy atom. The first-order valence-electron chi connectivity index (χ1n) is 5.67. The van der Waals surface area contributed by atoms with Crippen molar-refractivity contribution in [2.75, 3.05) is 11.9 Å². The summed E-state index contributed by atoms with van der Waals surface area (Å²) < 4.78 is 1.40. The summed E-state index contributed by atoms with van der Waals surface area (Å²) in [7, 11) is 0. The molecule has 0 spiro atoms. The molecule has 0 amide bonds. The third-order valence-electron chi connectivity index (χ3n) is 2.43. The van der Waals surface area contributed by atoms with Gasteiger partial charge in [0.05, 0.1) is 12.2 Å². The molecule has 6 nitrogen and oxygen atoms in total. The summed E-state index contributed by atoms with van der Waals surface area (Å²) in [6, 6.07) is 5.05. The highest BCUT2D eigenvalue weighted by molar-refractivity contribution is 5.42. The summed E-state index contributed by atoms with van der Waals surface area (Å²) in [5.41, 5.74) is 0.881. The molecule has 94 valence electrons. The summed E-state index contributed by atoms with van der Waals surface area (Å²) >= 11 is 0. The van der Waals surface area contributed by atoms with Crippen LogP contribution in [0.5, 0.6) is 0 Å². The summed E-state index contributed by atoms with van der Waals surface area (Å²) in [4.78, 5) is 28.9. The van der Waals surface area contributed by atoms with Crippen LogP contribution in [-0.2, 0) is 6.54 Å². The minimum atomic E-state index is -0.432. The maximum atomic E-state index is 11.5. The van der Waals surface area contributed by atoms with Gasteiger partial charge in [0, 0.05) is 30.7 Å². The number of hydrogen-bond acceptors (Lipinski definition) is 4. The van der Waals surface area contributed by atoms with Crippen molar-refractivity contribution in [3.05, 3.63) is 57.1 Å². The van der Waals surface area contributed by atoms with Crippen LogP contribution in [0.3, 0.4) is 0 Å². The Kier molecular flexibility index (Phi) is 3.57. The van der Waals surface area contributed by atoms with Gasteiger partial charge >= 0.3 is 5.69 Å². The monoisotopic (exact) mass is 246 g/mol. The minimum Gasteiger partial charge on any atom is -0.385 e. The van der Waals surface area contributed by atoms with Crippen molar-refractivity contribution in [1.29, 1.82) is 0 Å². The molecule has 0 saturated heterocycles. The Hall–Kier alpha value is -2.37. The van der Waals surface area contributed by atoms with Crippen LogP contribution in [0, 0.1) is 0 Å². The molecule has 0 aromatic carbocycles. The fourth-order valence-corrected chi connectivity index (χ4v) is 1.62. The van der Waals surface area contributed by atoms with Gasteiger partial charge in [0.1, 0.15) is 0 Å². The lowest BCUT2D eigenvalue weighted by Crippen LogP contribution is -2.29. The molecule has 0 saturated carbocycles. The number of rotatable bonds is 4. The number of aromatic amines is 1. The van der Waals surface area contributed by atoms with Gasteiger partial charge in [-0.25, -0.2) is 4.79 Å².